The molecule has 0 saturated carbocycles. The van der Waals surface area contributed by atoms with E-state index >= 15 is 0 Å². The molecule has 0 unspecified atom stereocenters. The normalized spacial score (nSPS) is 13.1. The Morgan fingerprint density at radius 3 is 2.42 bits per heavy atom. The summed E-state index contributed by atoms with van der Waals surface area (Å²) in [6.07, 6.45) is 1.79. The van der Waals surface area contributed by atoms with E-state index in [1.165, 1.54) is 15.9 Å². The van der Waals surface area contributed by atoms with Crippen LogP contribution in [0.5, 0.6) is 0 Å². The van der Waals surface area contributed by atoms with Crippen LogP contribution in [-0.2, 0) is 4.79 Å². The molecule has 0 saturated heterocycles. The number of carbonyl (C=O) groups is 1. The fourth-order valence-electron chi connectivity index (χ4n) is 3.23. The molecule has 0 atom stereocenters. The van der Waals surface area contributed by atoms with Crippen LogP contribution in [0.4, 0.5) is 0 Å². The maximum absolute atomic E-state index is 13.5. The largest absolute Gasteiger partial charge is 0.293 e. The van der Waals surface area contributed by atoms with Gasteiger partial charge in [0, 0.05) is 9.89 Å². The number of aryl methyl sites for hydroxylation is 2. The Kier molecular flexibility index (Phi) is 6.49. The third-order valence-corrected chi connectivity index (χ3v) is 6.66. The van der Waals surface area contributed by atoms with Crippen LogP contribution in [0, 0.1) is 30.6 Å². The highest BCUT2D eigenvalue weighted by molar-refractivity contribution is 9.10. The molecule has 0 fully saturated rings. The first-order valence-corrected chi connectivity index (χ1v) is 11.4. The van der Waals surface area contributed by atoms with Gasteiger partial charge in [0.25, 0.3) is 5.56 Å². The molecule has 4 nitrogen and oxygen atoms in total. The summed E-state index contributed by atoms with van der Waals surface area (Å²) in [7, 11) is 0. The molecule has 6 heteroatoms. The van der Waals surface area contributed by atoms with Gasteiger partial charge >= 0.3 is 0 Å². The maximum Gasteiger partial charge on any atom is 0.273 e. The van der Waals surface area contributed by atoms with Crippen molar-refractivity contribution in [2.45, 2.75) is 34.6 Å². The Morgan fingerprint density at radius 1 is 1.16 bits per heavy atom. The second-order valence-corrected chi connectivity index (χ2v) is 10.3. The smallest absolute Gasteiger partial charge is 0.273 e. The zero-order valence-electron chi connectivity index (χ0n) is 18.1. The minimum Gasteiger partial charge on any atom is -0.293 e. The standard InChI is InChI=1S/C25H23BrN2O2S/c1-15-10-11-20(16(2)12-15)28-23(30)21(13-17-8-6-7-9-19(17)26)31-24(28)18(14-27)22(29)25(3,4)5/h6-13H,1-5H3/b21-13-,24-18+. The molecule has 31 heavy (non-hydrogen) atoms. The Bertz CT molecular complexity index is 1400. The number of carbonyl (C=O) groups excluding carboxylic acids is 1. The molecule has 1 heterocycles. The number of rotatable bonds is 3. The summed E-state index contributed by atoms with van der Waals surface area (Å²) in [6.45, 7) is 9.22. The van der Waals surface area contributed by atoms with Crippen LogP contribution in [0.25, 0.3) is 17.3 Å². The van der Waals surface area contributed by atoms with Crippen molar-refractivity contribution in [2.24, 2.45) is 5.41 Å². The van der Waals surface area contributed by atoms with E-state index in [4.69, 9.17) is 0 Å². The predicted molar refractivity (Wildman–Crippen MR) is 130 cm³/mol. The van der Waals surface area contributed by atoms with Gasteiger partial charge in [0.2, 0.25) is 0 Å². The number of Topliss-reactive ketones (excluding diaryl/α,β-unsaturated/α-hetero) is 1. The minimum absolute atomic E-state index is 0.00125. The van der Waals surface area contributed by atoms with Gasteiger partial charge in [-0.2, -0.15) is 5.26 Å². The van der Waals surface area contributed by atoms with E-state index in [9.17, 15) is 14.9 Å². The molecule has 3 aromatic rings. The van der Waals surface area contributed by atoms with Gasteiger partial charge in [-0.05, 0) is 43.2 Å². The highest BCUT2D eigenvalue weighted by Crippen LogP contribution is 2.21. The monoisotopic (exact) mass is 494 g/mol. The molecule has 2 aromatic carbocycles. The zero-order valence-corrected chi connectivity index (χ0v) is 20.5. The van der Waals surface area contributed by atoms with Gasteiger partial charge in [-0.3, -0.25) is 14.2 Å². The number of benzene rings is 2. The summed E-state index contributed by atoms with van der Waals surface area (Å²) < 4.78 is 3.18. The maximum atomic E-state index is 13.5. The summed E-state index contributed by atoms with van der Waals surface area (Å²) in [6, 6.07) is 15.4. The summed E-state index contributed by atoms with van der Waals surface area (Å²) in [4.78, 5) is 26.6. The van der Waals surface area contributed by atoms with Gasteiger partial charge in [0.05, 0.1) is 10.2 Å². The van der Waals surface area contributed by atoms with Gasteiger partial charge in [-0.15, -0.1) is 11.3 Å². The molecule has 3 rings (SSSR count). The molecule has 0 N–H and O–H groups in total. The average molecular weight is 495 g/mol. The first-order valence-electron chi connectivity index (χ1n) is 9.79. The van der Waals surface area contributed by atoms with Crippen molar-refractivity contribution in [1.29, 1.82) is 5.26 Å². The van der Waals surface area contributed by atoms with Crippen LogP contribution in [-0.4, -0.2) is 10.4 Å². The Hall–Kier alpha value is -2.75. The van der Waals surface area contributed by atoms with Crippen molar-refractivity contribution >= 4 is 44.7 Å². The van der Waals surface area contributed by atoms with Crippen molar-refractivity contribution in [1.82, 2.24) is 4.57 Å². The zero-order chi connectivity index (χ0) is 22.9. The Labute approximate surface area is 193 Å². The number of hydrogen-bond donors (Lipinski definition) is 0. The van der Waals surface area contributed by atoms with Crippen LogP contribution in [0.15, 0.2) is 51.7 Å². The highest BCUT2D eigenvalue weighted by atomic mass is 79.9. The van der Waals surface area contributed by atoms with Gasteiger partial charge < -0.3 is 0 Å². The molecule has 0 bridgehead atoms. The lowest BCUT2D eigenvalue weighted by atomic mass is 9.87. The topological polar surface area (TPSA) is 62.9 Å². The number of aromatic nitrogens is 1. The Balaban J connectivity index is 2.50. The first-order chi connectivity index (χ1) is 14.5. The van der Waals surface area contributed by atoms with Crippen molar-refractivity contribution < 1.29 is 4.79 Å². The summed E-state index contributed by atoms with van der Waals surface area (Å²) in [5.41, 5.74) is 2.49. The van der Waals surface area contributed by atoms with E-state index in [0.29, 0.717) is 14.9 Å². The molecule has 0 aliphatic carbocycles. The molecular weight excluding hydrogens is 472 g/mol. The van der Waals surface area contributed by atoms with Crippen molar-refractivity contribution in [3.8, 4) is 11.8 Å². The molecular formula is C25H23BrN2O2S. The van der Waals surface area contributed by atoms with Crippen molar-refractivity contribution in [3.63, 3.8) is 0 Å². The van der Waals surface area contributed by atoms with Crippen molar-refractivity contribution in [2.75, 3.05) is 0 Å². The number of nitriles is 1. The average Bonchev–Trinajstić information content (AvgIpc) is 3.00. The third-order valence-electron chi connectivity index (χ3n) is 4.84. The number of halogens is 1. The van der Waals surface area contributed by atoms with Crippen LogP contribution in [0.2, 0.25) is 0 Å². The second-order valence-electron chi connectivity index (χ2n) is 8.43. The summed E-state index contributed by atoms with van der Waals surface area (Å²) >= 11 is 4.68. The quantitative estimate of drug-likeness (QED) is 0.541. The predicted octanol–water partition coefficient (Wildman–Crippen LogP) is 4.40. The molecule has 158 valence electrons. The van der Waals surface area contributed by atoms with Crippen LogP contribution < -0.4 is 14.8 Å². The van der Waals surface area contributed by atoms with E-state index in [1.54, 1.807) is 26.8 Å². The van der Waals surface area contributed by atoms with E-state index in [1.807, 2.05) is 56.3 Å². The number of thiazole rings is 1. The van der Waals surface area contributed by atoms with E-state index in [2.05, 4.69) is 22.0 Å². The molecule has 0 aliphatic heterocycles. The fourth-order valence-corrected chi connectivity index (χ4v) is 4.71. The molecule has 1 aromatic heterocycles. The van der Waals surface area contributed by atoms with E-state index in [0.717, 1.165) is 21.2 Å². The third kappa shape index (κ3) is 4.63. The van der Waals surface area contributed by atoms with Crippen LogP contribution in [0.3, 0.4) is 0 Å². The lowest BCUT2D eigenvalue weighted by molar-refractivity contribution is -0.120. The summed E-state index contributed by atoms with van der Waals surface area (Å²) in [5, 5.41) is 9.90. The molecule has 0 aliphatic rings. The van der Waals surface area contributed by atoms with E-state index in [-0.39, 0.29) is 16.9 Å². The Morgan fingerprint density at radius 2 is 1.84 bits per heavy atom. The van der Waals surface area contributed by atoms with Crippen molar-refractivity contribution in [3.05, 3.63) is 83.2 Å². The number of ketones is 1. The van der Waals surface area contributed by atoms with Crippen LogP contribution in [0.1, 0.15) is 37.5 Å². The van der Waals surface area contributed by atoms with Gasteiger partial charge in [-0.25, -0.2) is 0 Å². The lowest BCUT2D eigenvalue weighted by Gasteiger charge is -2.15. The number of hydrogen-bond acceptors (Lipinski definition) is 4. The van der Waals surface area contributed by atoms with Crippen LogP contribution >= 0.6 is 27.3 Å². The minimum atomic E-state index is -0.745. The SMILES string of the molecule is Cc1ccc(-n2c(=O)/c(=C/c3ccccc3Br)s/c2=C(\C#N)C(=O)C(C)(C)C)c(C)c1. The second kappa shape index (κ2) is 8.78. The van der Waals surface area contributed by atoms with Gasteiger partial charge in [0.1, 0.15) is 16.3 Å². The number of nitrogens with zero attached hydrogens (tertiary/aromatic N) is 2. The first kappa shape index (κ1) is 22.9. The highest BCUT2D eigenvalue weighted by Gasteiger charge is 2.27. The summed E-state index contributed by atoms with van der Waals surface area (Å²) in [5.74, 6) is -0.290. The molecule has 0 spiro atoms. The molecule has 0 amide bonds. The van der Waals surface area contributed by atoms with E-state index < -0.39 is 5.41 Å². The molecule has 0 radical (unpaired) electrons. The van der Waals surface area contributed by atoms with Gasteiger partial charge in [0.15, 0.2) is 5.78 Å². The van der Waals surface area contributed by atoms with Gasteiger partial charge in [-0.1, -0.05) is 72.6 Å². The lowest BCUT2D eigenvalue weighted by Crippen LogP contribution is -2.33. The fraction of sp³-hybridized carbons (Fsp3) is 0.240.